The van der Waals surface area contributed by atoms with Gasteiger partial charge in [-0.1, -0.05) is 0 Å². The van der Waals surface area contributed by atoms with E-state index in [1.54, 1.807) is 0 Å². The number of amides is 1. The Hall–Kier alpha value is -1.10. The van der Waals surface area contributed by atoms with Crippen molar-refractivity contribution in [1.29, 1.82) is 0 Å². The maximum atomic E-state index is 10.8. The van der Waals surface area contributed by atoms with Gasteiger partial charge in [-0.25, -0.2) is 4.79 Å². The average Bonchev–Trinajstić information content (AvgIpc) is 2.34. The Morgan fingerprint density at radius 3 is 2.55 bits per heavy atom. The first-order chi connectivity index (χ1) is 5.11. The average molecular weight is 158 g/mol. The van der Waals surface area contributed by atoms with Gasteiger partial charge in [-0.2, -0.15) is 0 Å². The molecule has 5 nitrogen and oxygen atoms in total. The molecule has 1 atom stereocenters. The van der Waals surface area contributed by atoms with Gasteiger partial charge in [0, 0.05) is 19.1 Å². The molecule has 1 rings (SSSR count). The summed E-state index contributed by atoms with van der Waals surface area (Å²) in [6.45, 7) is 0.831. The van der Waals surface area contributed by atoms with E-state index in [4.69, 9.17) is 10.8 Å². The molecule has 0 aliphatic carbocycles. The molecule has 11 heavy (non-hydrogen) atoms. The Morgan fingerprint density at radius 1 is 1.55 bits per heavy atom. The van der Waals surface area contributed by atoms with Gasteiger partial charge in [0.15, 0.2) is 0 Å². The van der Waals surface area contributed by atoms with Gasteiger partial charge >= 0.3 is 11.9 Å². The van der Waals surface area contributed by atoms with Crippen LogP contribution < -0.4 is 5.73 Å². The molecular formula is C6H10N2O3. The number of carbonyl (C=O) groups is 2. The molecule has 0 spiro atoms. The summed E-state index contributed by atoms with van der Waals surface area (Å²) in [5.74, 6) is -2.25. The molecule has 0 aromatic rings. The third-order valence-electron chi connectivity index (χ3n) is 1.69. The molecule has 0 saturated carbocycles. The normalized spacial score (nSPS) is 23.7. The smallest absolute Gasteiger partial charge is 0.394 e. The van der Waals surface area contributed by atoms with Crippen LogP contribution in [0.2, 0.25) is 0 Å². The van der Waals surface area contributed by atoms with Gasteiger partial charge in [0.1, 0.15) is 0 Å². The van der Waals surface area contributed by atoms with Crippen molar-refractivity contribution >= 4 is 11.9 Å². The van der Waals surface area contributed by atoms with Crippen LogP contribution in [0.15, 0.2) is 0 Å². The van der Waals surface area contributed by atoms with Crippen molar-refractivity contribution in [2.45, 2.75) is 12.5 Å². The number of hydrogen-bond donors (Lipinski definition) is 2. The van der Waals surface area contributed by atoms with Crippen molar-refractivity contribution in [1.82, 2.24) is 4.90 Å². The summed E-state index contributed by atoms with van der Waals surface area (Å²) in [6.07, 6.45) is 0.693. The first-order valence-electron chi connectivity index (χ1n) is 3.39. The number of carboxylic acids is 1. The first-order valence-corrected chi connectivity index (χ1v) is 3.39. The van der Waals surface area contributed by atoms with E-state index >= 15 is 0 Å². The van der Waals surface area contributed by atoms with Crippen molar-refractivity contribution in [3.05, 3.63) is 0 Å². The predicted molar refractivity (Wildman–Crippen MR) is 36.8 cm³/mol. The van der Waals surface area contributed by atoms with Crippen molar-refractivity contribution < 1.29 is 14.7 Å². The second-order valence-corrected chi connectivity index (χ2v) is 2.61. The van der Waals surface area contributed by atoms with E-state index < -0.39 is 11.9 Å². The largest absolute Gasteiger partial charge is 0.474 e. The summed E-state index contributed by atoms with van der Waals surface area (Å²) in [4.78, 5) is 22.2. The lowest BCUT2D eigenvalue weighted by Crippen LogP contribution is -2.36. The molecule has 1 saturated heterocycles. The maximum absolute atomic E-state index is 10.8. The van der Waals surface area contributed by atoms with Crippen LogP contribution in [0.4, 0.5) is 0 Å². The highest BCUT2D eigenvalue weighted by molar-refractivity contribution is 6.31. The molecule has 1 aliphatic heterocycles. The number of carboxylic acid groups (broad SMARTS) is 1. The van der Waals surface area contributed by atoms with Crippen LogP contribution in [-0.2, 0) is 9.59 Å². The molecule has 0 aromatic heterocycles. The van der Waals surface area contributed by atoms with E-state index in [2.05, 4.69) is 0 Å². The second kappa shape index (κ2) is 2.87. The van der Waals surface area contributed by atoms with Gasteiger partial charge in [0.2, 0.25) is 0 Å². The summed E-state index contributed by atoms with van der Waals surface area (Å²) in [5.41, 5.74) is 5.48. The van der Waals surface area contributed by atoms with Crippen LogP contribution in [0.5, 0.6) is 0 Å². The van der Waals surface area contributed by atoms with E-state index in [9.17, 15) is 9.59 Å². The minimum Gasteiger partial charge on any atom is -0.474 e. The molecule has 1 amide bonds. The lowest BCUT2D eigenvalue weighted by atomic mass is 10.3. The molecule has 1 heterocycles. The number of aliphatic carboxylic acids is 1. The molecule has 62 valence electrons. The molecule has 1 fully saturated rings. The topological polar surface area (TPSA) is 83.6 Å². The Morgan fingerprint density at radius 2 is 2.18 bits per heavy atom. The molecular weight excluding hydrogens is 148 g/mol. The number of carbonyl (C=O) groups excluding carboxylic acids is 1. The monoisotopic (exact) mass is 158 g/mol. The van der Waals surface area contributed by atoms with Crippen LogP contribution >= 0.6 is 0 Å². The Labute approximate surface area is 63.8 Å². The van der Waals surface area contributed by atoms with Gasteiger partial charge in [-0.15, -0.1) is 0 Å². The van der Waals surface area contributed by atoms with E-state index in [0.717, 1.165) is 0 Å². The quantitative estimate of drug-likeness (QED) is 0.426. The van der Waals surface area contributed by atoms with Gasteiger partial charge in [0.05, 0.1) is 0 Å². The minimum absolute atomic E-state index is 0.0571. The number of rotatable bonds is 0. The summed E-state index contributed by atoms with van der Waals surface area (Å²) in [6, 6.07) is -0.0571. The van der Waals surface area contributed by atoms with Gasteiger partial charge in [-0.05, 0) is 6.42 Å². The summed E-state index contributed by atoms with van der Waals surface area (Å²) >= 11 is 0. The molecule has 0 bridgehead atoms. The molecule has 0 radical (unpaired) electrons. The van der Waals surface area contributed by atoms with Crippen molar-refractivity contribution in [3.8, 4) is 0 Å². The van der Waals surface area contributed by atoms with Crippen molar-refractivity contribution in [3.63, 3.8) is 0 Å². The molecule has 1 aliphatic rings. The van der Waals surface area contributed by atoms with Crippen LogP contribution in [-0.4, -0.2) is 41.0 Å². The SMILES string of the molecule is N[C@@H]1CCN(C(=O)C(=O)O)C1. The standard InChI is InChI=1S/C6H10N2O3/c7-4-1-2-8(3-4)5(9)6(10)11/h4H,1-3,7H2,(H,10,11)/t4-/m1/s1. The number of likely N-dealkylation sites (tertiary alicyclic amines) is 1. The minimum atomic E-state index is -1.40. The summed E-state index contributed by atoms with van der Waals surface area (Å²) < 4.78 is 0. The highest BCUT2D eigenvalue weighted by atomic mass is 16.4. The lowest BCUT2D eigenvalue weighted by molar-refractivity contribution is -0.155. The van der Waals surface area contributed by atoms with E-state index in [-0.39, 0.29) is 6.04 Å². The van der Waals surface area contributed by atoms with E-state index in [1.165, 1.54) is 4.90 Å². The predicted octanol–water partition coefficient (Wildman–Crippen LogP) is -1.37. The number of nitrogens with two attached hydrogens (primary N) is 1. The summed E-state index contributed by atoms with van der Waals surface area (Å²) in [5, 5.41) is 8.30. The maximum Gasteiger partial charge on any atom is 0.394 e. The molecule has 5 heteroatoms. The third kappa shape index (κ3) is 1.68. The van der Waals surface area contributed by atoms with Gasteiger partial charge in [-0.3, -0.25) is 4.79 Å². The third-order valence-corrected chi connectivity index (χ3v) is 1.69. The van der Waals surface area contributed by atoms with Crippen LogP contribution in [0.1, 0.15) is 6.42 Å². The zero-order chi connectivity index (χ0) is 8.43. The number of hydrogen-bond acceptors (Lipinski definition) is 3. The fraction of sp³-hybridized carbons (Fsp3) is 0.667. The van der Waals surface area contributed by atoms with Crippen LogP contribution in [0.25, 0.3) is 0 Å². The first kappa shape index (κ1) is 8.00. The lowest BCUT2D eigenvalue weighted by Gasteiger charge is -2.11. The van der Waals surface area contributed by atoms with Crippen molar-refractivity contribution in [2.24, 2.45) is 5.73 Å². The Balaban J connectivity index is 2.50. The van der Waals surface area contributed by atoms with Crippen LogP contribution in [0.3, 0.4) is 0 Å². The molecule has 3 N–H and O–H groups in total. The number of nitrogens with zero attached hydrogens (tertiary/aromatic N) is 1. The molecule has 0 unspecified atom stereocenters. The zero-order valence-corrected chi connectivity index (χ0v) is 5.99. The molecule has 0 aromatic carbocycles. The van der Waals surface area contributed by atoms with E-state index in [1.807, 2.05) is 0 Å². The van der Waals surface area contributed by atoms with Crippen molar-refractivity contribution in [2.75, 3.05) is 13.1 Å². The Kier molecular flexibility index (Phi) is 2.09. The fourth-order valence-electron chi connectivity index (χ4n) is 1.11. The van der Waals surface area contributed by atoms with E-state index in [0.29, 0.717) is 19.5 Å². The highest BCUT2D eigenvalue weighted by Crippen LogP contribution is 2.06. The summed E-state index contributed by atoms with van der Waals surface area (Å²) in [7, 11) is 0. The zero-order valence-electron chi connectivity index (χ0n) is 5.99. The fourth-order valence-corrected chi connectivity index (χ4v) is 1.11. The highest BCUT2D eigenvalue weighted by Gasteiger charge is 2.27. The van der Waals surface area contributed by atoms with Crippen LogP contribution in [0, 0.1) is 0 Å². The van der Waals surface area contributed by atoms with Gasteiger partial charge in [0.25, 0.3) is 0 Å². The second-order valence-electron chi connectivity index (χ2n) is 2.61. The van der Waals surface area contributed by atoms with Gasteiger partial charge < -0.3 is 15.7 Å². The Bertz CT molecular complexity index is 192.